The van der Waals surface area contributed by atoms with Gasteiger partial charge in [0.15, 0.2) is 0 Å². The summed E-state index contributed by atoms with van der Waals surface area (Å²) >= 11 is 4.40. The van der Waals surface area contributed by atoms with Crippen molar-refractivity contribution in [3.8, 4) is 0 Å². The van der Waals surface area contributed by atoms with Gasteiger partial charge in [0, 0.05) is 12.7 Å². The highest BCUT2D eigenvalue weighted by Crippen LogP contribution is 2.36. The third-order valence-corrected chi connectivity index (χ3v) is 2.80. The fourth-order valence-corrected chi connectivity index (χ4v) is 1.81. The molecule has 0 heterocycles. The standard InChI is InChI=1S/C7H14NOPS/c1-10(2,9)6-4-3-5-8-7-11/h3-6H2,1-2H3. The molecule has 0 aliphatic heterocycles. The zero-order valence-electron chi connectivity index (χ0n) is 7.04. The lowest BCUT2D eigenvalue weighted by Gasteiger charge is -2.03. The predicted molar refractivity (Wildman–Crippen MR) is 53.4 cm³/mol. The number of hydrogen-bond donors (Lipinski definition) is 0. The van der Waals surface area contributed by atoms with Gasteiger partial charge in [-0.3, -0.25) is 0 Å². The molecule has 0 aromatic heterocycles. The molecule has 64 valence electrons. The van der Waals surface area contributed by atoms with Gasteiger partial charge in [-0.25, -0.2) is 4.99 Å². The van der Waals surface area contributed by atoms with E-state index in [1.54, 1.807) is 0 Å². The quantitative estimate of drug-likeness (QED) is 0.289. The van der Waals surface area contributed by atoms with Crippen LogP contribution in [0.1, 0.15) is 12.8 Å². The van der Waals surface area contributed by atoms with Crippen molar-refractivity contribution in [3.05, 3.63) is 0 Å². The van der Waals surface area contributed by atoms with Crippen LogP contribution in [0.5, 0.6) is 0 Å². The van der Waals surface area contributed by atoms with Crippen LogP contribution in [-0.2, 0) is 4.57 Å². The second-order valence-corrected chi connectivity index (χ2v) is 6.76. The molecule has 0 aliphatic carbocycles. The van der Waals surface area contributed by atoms with E-state index in [4.69, 9.17) is 0 Å². The Morgan fingerprint density at radius 3 is 2.55 bits per heavy atom. The predicted octanol–water partition coefficient (Wildman–Crippen LogP) is 2.49. The molecule has 0 aromatic carbocycles. The van der Waals surface area contributed by atoms with Gasteiger partial charge >= 0.3 is 0 Å². The Bertz CT molecular complexity index is 193. The van der Waals surface area contributed by atoms with Crippen molar-refractivity contribution in [2.75, 3.05) is 26.0 Å². The first-order valence-electron chi connectivity index (χ1n) is 3.64. The first-order chi connectivity index (χ1) is 5.06. The lowest BCUT2D eigenvalue weighted by atomic mass is 10.3. The van der Waals surface area contributed by atoms with Gasteiger partial charge in [-0.05, 0) is 38.4 Å². The Morgan fingerprint density at radius 2 is 2.09 bits per heavy atom. The first kappa shape index (κ1) is 11.0. The average Bonchev–Trinajstić information content (AvgIpc) is 1.85. The monoisotopic (exact) mass is 191 g/mol. The van der Waals surface area contributed by atoms with Gasteiger partial charge in [0.05, 0.1) is 12.3 Å². The Morgan fingerprint density at radius 1 is 1.45 bits per heavy atom. The molecule has 11 heavy (non-hydrogen) atoms. The highest BCUT2D eigenvalue weighted by molar-refractivity contribution is 7.78. The molecule has 0 aliphatic rings. The molecule has 0 spiro atoms. The third kappa shape index (κ3) is 10.0. The van der Waals surface area contributed by atoms with Gasteiger partial charge in [0.1, 0.15) is 0 Å². The van der Waals surface area contributed by atoms with Gasteiger partial charge in [0.25, 0.3) is 0 Å². The first-order valence-corrected chi connectivity index (χ1v) is 6.83. The van der Waals surface area contributed by atoms with Crippen LogP contribution in [0.15, 0.2) is 4.99 Å². The SMILES string of the molecule is CP(C)(=O)CCCCN=C=S. The summed E-state index contributed by atoms with van der Waals surface area (Å²) in [6, 6.07) is 0. The maximum atomic E-state index is 11.2. The Kier molecular flexibility index (Phi) is 5.67. The minimum atomic E-state index is -1.80. The van der Waals surface area contributed by atoms with E-state index >= 15 is 0 Å². The summed E-state index contributed by atoms with van der Waals surface area (Å²) in [6.45, 7) is 4.36. The maximum absolute atomic E-state index is 11.2. The number of rotatable bonds is 5. The summed E-state index contributed by atoms with van der Waals surface area (Å²) < 4.78 is 11.2. The van der Waals surface area contributed by atoms with E-state index in [2.05, 4.69) is 22.4 Å². The number of nitrogens with zero attached hydrogens (tertiary/aromatic N) is 1. The summed E-state index contributed by atoms with van der Waals surface area (Å²) in [5, 5.41) is 2.30. The van der Waals surface area contributed by atoms with Crippen LogP contribution in [0, 0.1) is 0 Å². The zero-order valence-corrected chi connectivity index (χ0v) is 8.75. The zero-order chi connectivity index (χ0) is 8.74. The summed E-state index contributed by atoms with van der Waals surface area (Å²) in [5.74, 6) is 0. The Hall–Kier alpha value is 0.0300. The van der Waals surface area contributed by atoms with Crippen molar-refractivity contribution in [1.82, 2.24) is 0 Å². The number of isothiocyanates is 1. The number of aliphatic imine (C=N–C) groups is 1. The van der Waals surface area contributed by atoms with E-state index in [1.165, 1.54) is 0 Å². The van der Waals surface area contributed by atoms with Crippen LogP contribution in [0.4, 0.5) is 0 Å². The van der Waals surface area contributed by atoms with Crippen LogP contribution in [-0.4, -0.2) is 31.2 Å². The molecular weight excluding hydrogens is 177 g/mol. The van der Waals surface area contributed by atoms with E-state index in [1.807, 2.05) is 13.3 Å². The van der Waals surface area contributed by atoms with Crippen LogP contribution in [0.3, 0.4) is 0 Å². The molecule has 0 saturated carbocycles. The lowest BCUT2D eigenvalue weighted by molar-refractivity contribution is 0.580. The van der Waals surface area contributed by atoms with Gasteiger partial charge in [-0.1, -0.05) is 0 Å². The van der Waals surface area contributed by atoms with Crippen molar-refractivity contribution in [2.45, 2.75) is 12.8 Å². The van der Waals surface area contributed by atoms with Crippen molar-refractivity contribution < 1.29 is 4.57 Å². The fraction of sp³-hybridized carbons (Fsp3) is 0.857. The fourth-order valence-electron chi connectivity index (χ4n) is 0.729. The molecule has 0 saturated heterocycles. The smallest absolute Gasteiger partial charge is 0.0819 e. The molecule has 4 heteroatoms. The van der Waals surface area contributed by atoms with Gasteiger partial charge < -0.3 is 4.57 Å². The van der Waals surface area contributed by atoms with Crippen molar-refractivity contribution in [2.24, 2.45) is 4.99 Å². The lowest BCUT2D eigenvalue weighted by Crippen LogP contribution is -1.88. The van der Waals surface area contributed by atoms with E-state index in [0.29, 0.717) is 0 Å². The molecule has 0 atom stereocenters. The van der Waals surface area contributed by atoms with Crippen LogP contribution >= 0.6 is 19.4 Å². The topological polar surface area (TPSA) is 29.4 Å². The van der Waals surface area contributed by atoms with Crippen LogP contribution < -0.4 is 0 Å². The highest BCUT2D eigenvalue weighted by atomic mass is 32.1. The van der Waals surface area contributed by atoms with Crippen molar-refractivity contribution in [1.29, 1.82) is 0 Å². The van der Waals surface area contributed by atoms with Gasteiger partial charge in [-0.15, -0.1) is 0 Å². The number of hydrogen-bond acceptors (Lipinski definition) is 3. The largest absolute Gasteiger partial charge is 0.324 e. The molecule has 2 nitrogen and oxygen atoms in total. The summed E-state index contributed by atoms with van der Waals surface area (Å²) in [7, 11) is -1.80. The van der Waals surface area contributed by atoms with E-state index in [-0.39, 0.29) is 0 Å². The molecule has 0 fully saturated rings. The third-order valence-electron chi connectivity index (χ3n) is 1.28. The van der Waals surface area contributed by atoms with E-state index in [9.17, 15) is 4.57 Å². The molecule has 0 radical (unpaired) electrons. The average molecular weight is 191 g/mol. The summed E-state index contributed by atoms with van der Waals surface area (Å²) in [6.07, 6.45) is 2.76. The van der Waals surface area contributed by atoms with Crippen molar-refractivity contribution in [3.63, 3.8) is 0 Å². The highest BCUT2D eigenvalue weighted by Gasteiger charge is 2.04. The second-order valence-electron chi connectivity index (χ2n) is 2.98. The molecule has 0 unspecified atom stereocenters. The molecular formula is C7H14NOPS. The number of thiocarbonyl (C=S) groups is 1. The number of unbranched alkanes of at least 4 members (excludes halogenated alkanes) is 1. The van der Waals surface area contributed by atoms with Gasteiger partial charge in [0.2, 0.25) is 0 Å². The molecule has 0 bridgehead atoms. The Balaban J connectivity index is 3.29. The van der Waals surface area contributed by atoms with Crippen LogP contribution in [0.25, 0.3) is 0 Å². The molecule has 0 amide bonds. The maximum Gasteiger partial charge on any atom is 0.0819 e. The summed E-state index contributed by atoms with van der Waals surface area (Å²) in [5.41, 5.74) is 0. The minimum Gasteiger partial charge on any atom is -0.324 e. The van der Waals surface area contributed by atoms with Crippen LogP contribution in [0.2, 0.25) is 0 Å². The second kappa shape index (κ2) is 5.65. The van der Waals surface area contributed by atoms with E-state index < -0.39 is 7.14 Å². The van der Waals surface area contributed by atoms with E-state index in [0.717, 1.165) is 25.5 Å². The van der Waals surface area contributed by atoms with Gasteiger partial charge in [-0.2, -0.15) is 0 Å². The van der Waals surface area contributed by atoms with Crippen molar-refractivity contribution >= 4 is 24.5 Å². The molecule has 0 N–H and O–H groups in total. The molecule has 0 aromatic rings. The Labute approximate surface area is 73.5 Å². The molecule has 0 rings (SSSR count). The summed E-state index contributed by atoms with van der Waals surface area (Å²) in [4.78, 5) is 3.77. The minimum absolute atomic E-state index is 0.726. The normalized spacial score (nSPS) is 10.7.